The van der Waals surface area contributed by atoms with Crippen LogP contribution in [-0.4, -0.2) is 28.5 Å². The first-order valence-corrected chi connectivity index (χ1v) is 6.73. The molecule has 0 fully saturated rings. The Morgan fingerprint density at radius 2 is 2.11 bits per heavy atom. The molecule has 0 spiro atoms. The number of rotatable bonds is 5. The van der Waals surface area contributed by atoms with Gasteiger partial charge in [-0.2, -0.15) is 0 Å². The van der Waals surface area contributed by atoms with Crippen LogP contribution in [-0.2, 0) is 12.3 Å². The van der Waals surface area contributed by atoms with E-state index in [2.05, 4.69) is 19.9 Å². The molecule has 0 amide bonds. The van der Waals surface area contributed by atoms with E-state index in [-0.39, 0.29) is 0 Å². The lowest BCUT2D eigenvalue weighted by Gasteiger charge is -2.20. The predicted molar refractivity (Wildman–Crippen MR) is 77.5 cm³/mol. The van der Waals surface area contributed by atoms with Crippen LogP contribution in [0.5, 0.6) is 0 Å². The van der Waals surface area contributed by atoms with Crippen molar-refractivity contribution in [3.05, 3.63) is 47.7 Å². The van der Waals surface area contributed by atoms with Crippen molar-refractivity contribution in [2.45, 2.75) is 19.2 Å². The van der Waals surface area contributed by atoms with Crippen LogP contribution in [0.1, 0.15) is 17.1 Å². The Morgan fingerprint density at radius 3 is 2.79 bits per heavy atom. The fourth-order valence-electron chi connectivity index (χ4n) is 1.84. The summed E-state index contributed by atoms with van der Waals surface area (Å²) in [7, 11) is 2.01. The van der Waals surface area contributed by atoms with Gasteiger partial charge >= 0.3 is 0 Å². The van der Waals surface area contributed by atoms with E-state index in [0.717, 1.165) is 35.9 Å². The van der Waals surface area contributed by atoms with Crippen molar-refractivity contribution in [2.75, 3.05) is 18.5 Å². The van der Waals surface area contributed by atoms with Crippen molar-refractivity contribution < 1.29 is 0 Å². The van der Waals surface area contributed by atoms with Gasteiger partial charge in [0.25, 0.3) is 0 Å². The summed E-state index contributed by atoms with van der Waals surface area (Å²) in [4.78, 5) is 15.1. The number of hydrogen-bond donors (Lipinski definition) is 0. The molecule has 19 heavy (non-hydrogen) atoms. The molecule has 0 N–H and O–H groups in total. The molecule has 0 aromatic carbocycles. The molecule has 100 valence electrons. The summed E-state index contributed by atoms with van der Waals surface area (Å²) < 4.78 is 0. The highest BCUT2D eigenvalue weighted by Crippen LogP contribution is 2.18. The van der Waals surface area contributed by atoms with E-state index in [1.807, 2.05) is 38.4 Å². The third-order valence-electron chi connectivity index (χ3n) is 2.90. The Bertz CT molecular complexity index is 530. The highest BCUT2D eigenvalue weighted by Gasteiger charge is 2.10. The van der Waals surface area contributed by atoms with Gasteiger partial charge in [-0.25, -0.2) is 9.97 Å². The number of hydrogen-bond acceptors (Lipinski definition) is 4. The monoisotopic (exact) mass is 276 g/mol. The molecule has 0 bridgehead atoms. The number of halogens is 1. The van der Waals surface area contributed by atoms with Crippen molar-refractivity contribution in [1.29, 1.82) is 0 Å². The predicted octanol–water partition coefficient (Wildman–Crippen LogP) is 2.60. The van der Waals surface area contributed by atoms with Gasteiger partial charge in [-0.05, 0) is 19.1 Å². The van der Waals surface area contributed by atoms with Crippen molar-refractivity contribution in [2.24, 2.45) is 0 Å². The number of likely N-dealkylation sites (N-methyl/N-ethyl adjacent to an activating group) is 1. The van der Waals surface area contributed by atoms with Gasteiger partial charge in [-0.1, -0.05) is 6.07 Å². The van der Waals surface area contributed by atoms with E-state index in [9.17, 15) is 0 Å². The lowest BCUT2D eigenvalue weighted by atomic mass is 10.2. The summed E-state index contributed by atoms with van der Waals surface area (Å²) in [5.74, 6) is 2.08. The minimum Gasteiger partial charge on any atom is -0.359 e. The van der Waals surface area contributed by atoms with Gasteiger partial charge < -0.3 is 4.90 Å². The number of aryl methyl sites for hydroxylation is 1. The van der Waals surface area contributed by atoms with Crippen LogP contribution < -0.4 is 4.90 Å². The first-order valence-electron chi connectivity index (χ1n) is 6.20. The largest absolute Gasteiger partial charge is 0.359 e. The van der Waals surface area contributed by atoms with Crippen molar-refractivity contribution in [3.8, 4) is 0 Å². The molecule has 0 unspecified atom stereocenters. The summed E-state index contributed by atoms with van der Waals surface area (Å²) in [6, 6.07) is 5.95. The molecule has 2 aromatic heterocycles. The van der Waals surface area contributed by atoms with Crippen LogP contribution in [0.25, 0.3) is 0 Å². The summed E-state index contributed by atoms with van der Waals surface area (Å²) >= 11 is 5.93. The van der Waals surface area contributed by atoms with E-state index in [1.165, 1.54) is 0 Å². The maximum absolute atomic E-state index is 5.93. The zero-order valence-electron chi connectivity index (χ0n) is 11.2. The number of nitrogens with zero attached hydrogens (tertiary/aromatic N) is 4. The third kappa shape index (κ3) is 3.64. The Balaban J connectivity index is 2.07. The van der Waals surface area contributed by atoms with Crippen LogP contribution >= 0.6 is 11.6 Å². The molecule has 0 atom stereocenters. The average Bonchev–Trinajstić information content (AvgIpc) is 2.46. The molecule has 2 aromatic rings. The second kappa shape index (κ2) is 6.48. The summed E-state index contributed by atoms with van der Waals surface area (Å²) in [6.07, 6.45) is 4.48. The second-order valence-electron chi connectivity index (χ2n) is 4.39. The normalized spacial score (nSPS) is 10.5. The van der Waals surface area contributed by atoms with Gasteiger partial charge in [-0.15, -0.1) is 11.6 Å². The van der Waals surface area contributed by atoms with Gasteiger partial charge in [0.1, 0.15) is 11.6 Å². The highest BCUT2D eigenvalue weighted by atomic mass is 35.5. The van der Waals surface area contributed by atoms with E-state index in [4.69, 9.17) is 11.6 Å². The molecule has 0 saturated heterocycles. The van der Waals surface area contributed by atoms with Crippen LogP contribution in [0.2, 0.25) is 0 Å². The van der Waals surface area contributed by atoms with E-state index >= 15 is 0 Å². The molecule has 2 heterocycles. The summed E-state index contributed by atoms with van der Waals surface area (Å²) in [6.45, 7) is 2.73. The van der Waals surface area contributed by atoms with Gasteiger partial charge in [0, 0.05) is 43.7 Å². The highest BCUT2D eigenvalue weighted by molar-refractivity contribution is 6.17. The lowest BCUT2D eigenvalue weighted by molar-refractivity contribution is 0.824. The molecular weight excluding hydrogens is 260 g/mol. The minimum absolute atomic E-state index is 0.420. The Kier molecular flexibility index (Phi) is 4.68. The van der Waals surface area contributed by atoms with Gasteiger partial charge in [0.2, 0.25) is 0 Å². The number of alkyl halides is 1. The number of anilines is 1. The van der Waals surface area contributed by atoms with E-state index in [0.29, 0.717) is 5.88 Å². The van der Waals surface area contributed by atoms with Gasteiger partial charge in [0.15, 0.2) is 0 Å². The fraction of sp³-hybridized carbons (Fsp3) is 0.357. The van der Waals surface area contributed by atoms with Gasteiger partial charge in [0.05, 0.1) is 5.88 Å². The molecule has 4 nitrogen and oxygen atoms in total. The van der Waals surface area contributed by atoms with Crippen LogP contribution in [0, 0.1) is 6.92 Å². The maximum atomic E-state index is 5.93. The van der Waals surface area contributed by atoms with Crippen LogP contribution in [0.4, 0.5) is 5.82 Å². The molecule has 5 heteroatoms. The first-order chi connectivity index (χ1) is 9.20. The maximum Gasteiger partial charge on any atom is 0.136 e. The fourth-order valence-corrected chi connectivity index (χ4v) is 2.03. The average molecular weight is 277 g/mol. The molecule has 0 radical (unpaired) electrons. The van der Waals surface area contributed by atoms with Crippen molar-refractivity contribution in [1.82, 2.24) is 15.0 Å². The van der Waals surface area contributed by atoms with E-state index in [1.54, 1.807) is 6.20 Å². The van der Waals surface area contributed by atoms with Crippen LogP contribution in [0.15, 0.2) is 30.6 Å². The first kappa shape index (κ1) is 13.7. The van der Waals surface area contributed by atoms with Crippen molar-refractivity contribution in [3.63, 3.8) is 0 Å². The molecule has 0 aliphatic heterocycles. The molecule has 2 rings (SSSR count). The zero-order chi connectivity index (χ0) is 13.7. The van der Waals surface area contributed by atoms with Gasteiger partial charge in [-0.3, -0.25) is 4.98 Å². The Morgan fingerprint density at radius 1 is 1.26 bits per heavy atom. The van der Waals surface area contributed by atoms with Crippen molar-refractivity contribution >= 4 is 17.4 Å². The lowest BCUT2D eigenvalue weighted by Crippen LogP contribution is -2.23. The Hall–Kier alpha value is -1.68. The SMILES string of the molecule is Cc1ncc(CCl)c(N(C)CCc2ccccn2)n1. The molecule has 0 aliphatic rings. The zero-order valence-corrected chi connectivity index (χ0v) is 11.9. The minimum atomic E-state index is 0.420. The molecule has 0 saturated carbocycles. The standard InChI is InChI=1S/C14H17ClN4/c1-11-17-10-12(9-15)14(18-11)19(2)8-6-13-5-3-4-7-16-13/h3-5,7,10H,6,8-9H2,1-2H3. The number of pyridine rings is 1. The smallest absolute Gasteiger partial charge is 0.136 e. The second-order valence-corrected chi connectivity index (χ2v) is 4.66. The molecular formula is C14H17ClN4. The molecule has 0 aliphatic carbocycles. The summed E-state index contributed by atoms with van der Waals surface area (Å²) in [5, 5.41) is 0. The van der Waals surface area contributed by atoms with E-state index < -0.39 is 0 Å². The third-order valence-corrected chi connectivity index (χ3v) is 3.19. The number of aromatic nitrogens is 3. The Labute approximate surface area is 118 Å². The summed E-state index contributed by atoms with van der Waals surface area (Å²) in [5.41, 5.74) is 2.03. The quantitative estimate of drug-likeness (QED) is 0.787. The van der Waals surface area contributed by atoms with Crippen LogP contribution in [0.3, 0.4) is 0 Å². The topological polar surface area (TPSA) is 41.9 Å².